The van der Waals surface area contributed by atoms with Crippen molar-refractivity contribution in [3.63, 3.8) is 0 Å². The minimum Gasteiger partial charge on any atom is -0.478 e. The molecule has 0 aromatic heterocycles. The van der Waals surface area contributed by atoms with Crippen molar-refractivity contribution in [3.05, 3.63) is 11.6 Å². The maximum Gasteiger partial charge on any atom is 0.334 e. The standard InChI is InChI=1S/C7H7NO4/c1-3-6(10)4(7(11)12)2-5(9)8-3/h2,6,10H,1H3,(H,11,12). The predicted molar refractivity (Wildman–Crippen MR) is 39.8 cm³/mol. The highest BCUT2D eigenvalue weighted by Gasteiger charge is 2.25. The maximum atomic E-state index is 10.7. The zero-order chi connectivity index (χ0) is 9.30. The van der Waals surface area contributed by atoms with Crippen LogP contribution in [-0.4, -0.2) is 33.9 Å². The van der Waals surface area contributed by atoms with Crippen LogP contribution in [0.1, 0.15) is 6.92 Å². The Morgan fingerprint density at radius 2 is 2.25 bits per heavy atom. The van der Waals surface area contributed by atoms with Crippen LogP contribution in [0.3, 0.4) is 0 Å². The predicted octanol–water partition coefficient (Wildman–Crippen LogP) is -0.641. The summed E-state index contributed by atoms with van der Waals surface area (Å²) in [6, 6.07) is 0. The summed E-state index contributed by atoms with van der Waals surface area (Å²) < 4.78 is 0. The summed E-state index contributed by atoms with van der Waals surface area (Å²) >= 11 is 0. The van der Waals surface area contributed by atoms with Crippen molar-refractivity contribution in [3.8, 4) is 0 Å². The average molecular weight is 169 g/mol. The largest absolute Gasteiger partial charge is 0.478 e. The first kappa shape index (κ1) is 8.61. The van der Waals surface area contributed by atoms with E-state index in [-0.39, 0.29) is 11.3 Å². The molecule has 5 nitrogen and oxygen atoms in total. The van der Waals surface area contributed by atoms with Gasteiger partial charge in [-0.2, -0.15) is 0 Å². The number of carbonyl (C=O) groups is 2. The number of carbonyl (C=O) groups excluding carboxylic acids is 1. The molecule has 0 aliphatic carbocycles. The topological polar surface area (TPSA) is 87.0 Å². The van der Waals surface area contributed by atoms with E-state index in [0.717, 1.165) is 6.08 Å². The van der Waals surface area contributed by atoms with Gasteiger partial charge in [-0.15, -0.1) is 0 Å². The number of carboxylic acids is 1. The summed E-state index contributed by atoms with van der Waals surface area (Å²) in [4.78, 5) is 24.5. The van der Waals surface area contributed by atoms with Crippen LogP contribution < -0.4 is 0 Å². The van der Waals surface area contributed by atoms with Gasteiger partial charge >= 0.3 is 5.97 Å². The van der Waals surface area contributed by atoms with Crippen LogP contribution >= 0.6 is 0 Å². The number of aliphatic carboxylic acids is 1. The van der Waals surface area contributed by atoms with E-state index in [1.165, 1.54) is 6.92 Å². The van der Waals surface area contributed by atoms with Gasteiger partial charge in [0.05, 0.1) is 11.3 Å². The van der Waals surface area contributed by atoms with Crippen LogP contribution in [0.25, 0.3) is 0 Å². The first-order valence-corrected chi connectivity index (χ1v) is 3.24. The molecule has 0 aromatic carbocycles. The molecule has 1 rings (SSSR count). The molecule has 1 aliphatic heterocycles. The third-order valence-corrected chi connectivity index (χ3v) is 1.50. The lowest BCUT2D eigenvalue weighted by Crippen LogP contribution is -2.29. The molecule has 0 saturated carbocycles. The molecular weight excluding hydrogens is 162 g/mol. The summed E-state index contributed by atoms with van der Waals surface area (Å²) in [5.74, 6) is -1.94. The summed E-state index contributed by atoms with van der Waals surface area (Å²) in [7, 11) is 0. The van der Waals surface area contributed by atoms with Crippen LogP contribution in [0.4, 0.5) is 0 Å². The van der Waals surface area contributed by atoms with Crippen LogP contribution in [0, 0.1) is 0 Å². The van der Waals surface area contributed by atoms with Crippen LogP contribution in [0.15, 0.2) is 16.6 Å². The molecule has 0 aromatic rings. The number of carboxylic acid groups (broad SMARTS) is 1. The summed E-state index contributed by atoms with van der Waals surface area (Å²) in [6.45, 7) is 1.40. The van der Waals surface area contributed by atoms with Crippen molar-refractivity contribution in [1.82, 2.24) is 0 Å². The van der Waals surface area contributed by atoms with Gasteiger partial charge in [0.1, 0.15) is 6.10 Å². The quantitative estimate of drug-likeness (QED) is 0.546. The van der Waals surface area contributed by atoms with Crippen molar-refractivity contribution >= 4 is 17.6 Å². The number of aliphatic imine (C=N–C) groups is 1. The molecule has 0 spiro atoms. The van der Waals surface area contributed by atoms with Crippen molar-refractivity contribution in [2.75, 3.05) is 0 Å². The van der Waals surface area contributed by atoms with Crippen molar-refractivity contribution in [2.45, 2.75) is 13.0 Å². The number of aliphatic hydroxyl groups excluding tert-OH is 1. The molecule has 1 atom stereocenters. The van der Waals surface area contributed by atoms with E-state index in [0.29, 0.717) is 0 Å². The van der Waals surface area contributed by atoms with E-state index in [4.69, 9.17) is 5.11 Å². The molecule has 0 radical (unpaired) electrons. The summed E-state index contributed by atoms with van der Waals surface area (Å²) in [6.07, 6.45) is -0.444. The van der Waals surface area contributed by atoms with Gasteiger partial charge in [0.15, 0.2) is 0 Å². The van der Waals surface area contributed by atoms with Crippen LogP contribution in [0.2, 0.25) is 0 Å². The Morgan fingerprint density at radius 3 is 2.75 bits per heavy atom. The third kappa shape index (κ3) is 1.40. The number of dihydropyridines is 1. The molecule has 1 amide bonds. The molecule has 12 heavy (non-hydrogen) atoms. The Labute approximate surface area is 68.0 Å². The number of hydrogen-bond donors (Lipinski definition) is 2. The van der Waals surface area contributed by atoms with Crippen molar-refractivity contribution < 1.29 is 19.8 Å². The highest BCUT2D eigenvalue weighted by molar-refractivity contribution is 6.12. The van der Waals surface area contributed by atoms with Crippen LogP contribution in [0.5, 0.6) is 0 Å². The molecule has 1 heterocycles. The van der Waals surface area contributed by atoms with E-state index < -0.39 is 18.0 Å². The van der Waals surface area contributed by atoms with Gasteiger partial charge in [0, 0.05) is 6.08 Å². The number of rotatable bonds is 1. The Balaban J connectivity index is 3.03. The highest BCUT2D eigenvalue weighted by atomic mass is 16.4. The second kappa shape index (κ2) is 2.86. The zero-order valence-electron chi connectivity index (χ0n) is 6.31. The summed E-state index contributed by atoms with van der Waals surface area (Å²) in [5.41, 5.74) is -0.215. The van der Waals surface area contributed by atoms with Crippen molar-refractivity contribution in [2.24, 2.45) is 4.99 Å². The number of aliphatic hydroxyl groups is 1. The van der Waals surface area contributed by atoms with E-state index >= 15 is 0 Å². The lowest BCUT2D eigenvalue weighted by Gasteiger charge is -2.13. The molecule has 2 N–H and O–H groups in total. The molecule has 5 heteroatoms. The maximum absolute atomic E-state index is 10.7. The minimum atomic E-state index is -1.30. The highest BCUT2D eigenvalue weighted by Crippen LogP contribution is 2.10. The summed E-state index contributed by atoms with van der Waals surface area (Å²) in [5, 5.41) is 17.7. The van der Waals surface area contributed by atoms with E-state index in [2.05, 4.69) is 4.99 Å². The smallest absolute Gasteiger partial charge is 0.334 e. The lowest BCUT2D eigenvalue weighted by molar-refractivity contribution is -0.133. The van der Waals surface area contributed by atoms with E-state index in [1.807, 2.05) is 0 Å². The molecule has 0 fully saturated rings. The van der Waals surface area contributed by atoms with Gasteiger partial charge in [0.2, 0.25) is 0 Å². The number of hydrogen-bond acceptors (Lipinski definition) is 3. The normalized spacial score (nSPS) is 23.2. The van der Waals surface area contributed by atoms with Crippen LogP contribution in [-0.2, 0) is 9.59 Å². The second-order valence-corrected chi connectivity index (χ2v) is 2.40. The number of amides is 1. The fourth-order valence-electron chi connectivity index (χ4n) is 0.883. The first-order valence-electron chi connectivity index (χ1n) is 3.24. The fraction of sp³-hybridized carbons (Fsp3) is 0.286. The number of nitrogens with zero attached hydrogens (tertiary/aromatic N) is 1. The molecule has 0 bridgehead atoms. The first-order chi connectivity index (χ1) is 5.52. The van der Waals surface area contributed by atoms with Gasteiger partial charge in [-0.3, -0.25) is 4.79 Å². The molecule has 64 valence electrons. The lowest BCUT2D eigenvalue weighted by atomic mass is 10.0. The minimum absolute atomic E-state index is 0.111. The molecule has 1 aliphatic rings. The Morgan fingerprint density at radius 1 is 1.67 bits per heavy atom. The van der Waals surface area contributed by atoms with E-state index in [9.17, 15) is 14.7 Å². The second-order valence-electron chi connectivity index (χ2n) is 2.40. The van der Waals surface area contributed by atoms with Gasteiger partial charge in [-0.05, 0) is 6.92 Å². The molecule has 1 unspecified atom stereocenters. The van der Waals surface area contributed by atoms with Gasteiger partial charge in [-0.25, -0.2) is 9.79 Å². The third-order valence-electron chi connectivity index (χ3n) is 1.50. The fourth-order valence-corrected chi connectivity index (χ4v) is 0.883. The Bertz CT molecular complexity index is 303. The van der Waals surface area contributed by atoms with Gasteiger partial charge < -0.3 is 10.2 Å². The van der Waals surface area contributed by atoms with Gasteiger partial charge in [0.25, 0.3) is 5.91 Å². The monoisotopic (exact) mass is 169 g/mol. The van der Waals surface area contributed by atoms with E-state index in [1.54, 1.807) is 0 Å². The Kier molecular flexibility index (Phi) is 2.05. The Hall–Kier alpha value is -1.49. The average Bonchev–Trinajstić information content (AvgIpc) is 1.96. The zero-order valence-corrected chi connectivity index (χ0v) is 6.31. The van der Waals surface area contributed by atoms with Gasteiger partial charge in [-0.1, -0.05) is 0 Å². The molecular formula is C7H7NO4. The molecule has 0 saturated heterocycles. The SMILES string of the molecule is CC1=NC(=O)C=C(C(=O)O)C1O. The van der Waals surface area contributed by atoms with Crippen molar-refractivity contribution in [1.29, 1.82) is 0 Å².